The van der Waals surface area contributed by atoms with Gasteiger partial charge in [-0.15, -0.1) is 0 Å². The Balaban J connectivity index is 2.16. The Morgan fingerprint density at radius 1 is 1.53 bits per heavy atom. The number of nitriles is 1. The van der Waals surface area contributed by atoms with Crippen molar-refractivity contribution in [1.82, 2.24) is 0 Å². The molecular weight excluding hydrogens is 238 g/mol. The summed E-state index contributed by atoms with van der Waals surface area (Å²) in [4.78, 5) is 12.3. The number of hydrogen-bond donors (Lipinski definition) is 2. The summed E-state index contributed by atoms with van der Waals surface area (Å²) < 4.78 is 0. The third kappa shape index (κ3) is 2.77. The van der Waals surface area contributed by atoms with Crippen LogP contribution in [0.3, 0.4) is 0 Å². The Labute approximate surface area is 113 Å². The van der Waals surface area contributed by atoms with Gasteiger partial charge in [-0.05, 0) is 43.9 Å². The van der Waals surface area contributed by atoms with Crippen molar-refractivity contribution in [2.75, 3.05) is 11.9 Å². The van der Waals surface area contributed by atoms with Crippen LogP contribution in [0.25, 0.3) is 0 Å². The SMILES string of the molecule is Cc1cccc(NC(=O)C2CCCC2CN)c1C#N. The van der Waals surface area contributed by atoms with Crippen molar-refractivity contribution in [3.05, 3.63) is 29.3 Å². The molecule has 0 aromatic heterocycles. The molecule has 100 valence electrons. The second-order valence-electron chi connectivity index (χ2n) is 5.13. The summed E-state index contributed by atoms with van der Waals surface area (Å²) in [5.74, 6) is 0.252. The molecule has 4 heteroatoms. The monoisotopic (exact) mass is 257 g/mol. The van der Waals surface area contributed by atoms with Gasteiger partial charge in [-0.3, -0.25) is 4.79 Å². The molecule has 1 aliphatic rings. The standard InChI is InChI=1S/C15H19N3O/c1-10-4-2-7-14(13(10)9-17)18-15(19)12-6-3-5-11(12)8-16/h2,4,7,11-12H,3,5-6,8,16H2,1H3,(H,18,19). The minimum atomic E-state index is -0.0166. The fraction of sp³-hybridized carbons (Fsp3) is 0.467. The van der Waals surface area contributed by atoms with Gasteiger partial charge >= 0.3 is 0 Å². The predicted octanol–water partition coefficient (Wildman–Crippen LogP) is 2.18. The lowest BCUT2D eigenvalue weighted by atomic mass is 9.95. The molecule has 0 bridgehead atoms. The summed E-state index contributed by atoms with van der Waals surface area (Å²) in [5.41, 5.74) is 7.73. The molecule has 2 rings (SSSR count). The maximum Gasteiger partial charge on any atom is 0.227 e. The van der Waals surface area contributed by atoms with Gasteiger partial charge in [0.25, 0.3) is 0 Å². The van der Waals surface area contributed by atoms with Gasteiger partial charge in [0.2, 0.25) is 5.91 Å². The molecule has 2 atom stereocenters. The van der Waals surface area contributed by atoms with Gasteiger partial charge in [0.15, 0.2) is 0 Å². The summed E-state index contributed by atoms with van der Waals surface area (Å²) in [6, 6.07) is 7.63. The third-order valence-electron chi connectivity index (χ3n) is 3.94. The first-order valence-corrected chi connectivity index (χ1v) is 6.68. The lowest BCUT2D eigenvalue weighted by Gasteiger charge is -2.18. The molecule has 0 heterocycles. The molecule has 3 N–H and O–H groups in total. The second kappa shape index (κ2) is 5.85. The lowest BCUT2D eigenvalue weighted by Crippen LogP contribution is -2.30. The van der Waals surface area contributed by atoms with Gasteiger partial charge in [-0.2, -0.15) is 5.26 Å². The van der Waals surface area contributed by atoms with Crippen molar-refractivity contribution in [1.29, 1.82) is 5.26 Å². The summed E-state index contributed by atoms with van der Waals surface area (Å²) in [6.07, 6.45) is 2.97. The Morgan fingerprint density at radius 2 is 2.32 bits per heavy atom. The van der Waals surface area contributed by atoms with Gasteiger partial charge in [0.05, 0.1) is 11.3 Å². The maximum absolute atomic E-state index is 12.3. The van der Waals surface area contributed by atoms with Crippen LogP contribution in [0.2, 0.25) is 0 Å². The van der Waals surface area contributed by atoms with Crippen LogP contribution in [-0.2, 0) is 4.79 Å². The molecule has 0 radical (unpaired) electrons. The van der Waals surface area contributed by atoms with Crippen LogP contribution in [0.15, 0.2) is 18.2 Å². The molecule has 0 saturated heterocycles. The number of carbonyl (C=O) groups excluding carboxylic acids is 1. The molecule has 1 aliphatic carbocycles. The van der Waals surface area contributed by atoms with Crippen LogP contribution in [-0.4, -0.2) is 12.5 Å². The van der Waals surface area contributed by atoms with Crippen molar-refractivity contribution < 1.29 is 4.79 Å². The Bertz CT molecular complexity index is 519. The first kappa shape index (κ1) is 13.6. The number of benzene rings is 1. The Morgan fingerprint density at radius 3 is 3.00 bits per heavy atom. The van der Waals surface area contributed by atoms with E-state index in [0.29, 0.717) is 17.8 Å². The first-order valence-electron chi connectivity index (χ1n) is 6.68. The summed E-state index contributed by atoms with van der Waals surface area (Å²) in [6.45, 7) is 2.42. The smallest absolute Gasteiger partial charge is 0.227 e. The van der Waals surface area contributed by atoms with E-state index in [0.717, 1.165) is 24.8 Å². The van der Waals surface area contributed by atoms with E-state index in [4.69, 9.17) is 11.0 Å². The van der Waals surface area contributed by atoms with Gasteiger partial charge in [-0.1, -0.05) is 18.6 Å². The van der Waals surface area contributed by atoms with Crippen LogP contribution in [0.1, 0.15) is 30.4 Å². The number of amides is 1. The number of anilines is 1. The number of hydrogen-bond acceptors (Lipinski definition) is 3. The summed E-state index contributed by atoms with van der Waals surface area (Å²) in [7, 11) is 0. The van der Waals surface area contributed by atoms with Crippen LogP contribution >= 0.6 is 0 Å². The average molecular weight is 257 g/mol. The molecular formula is C15H19N3O. The molecule has 1 aromatic rings. The highest BCUT2D eigenvalue weighted by molar-refractivity contribution is 5.94. The number of nitrogens with zero attached hydrogens (tertiary/aromatic N) is 1. The quantitative estimate of drug-likeness (QED) is 0.871. The van der Waals surface area contributed by atoms with Gasteiger partial charge in [-0.25, -0.2) is 0 Å². The number of nitrogens with two attached hydrogens (primary N) is 1. The van der Waals surface area contributed by atoms with E-state index in [1.807, 2.05) is 19.1 Å². The zero-order chi connectivity index (χ0) is 13.8. The van der Waals surface area contributed by atoms with Crippen molar-refractivity contribution in [3.8, 4) is 6.07 Å². The molecule has 1 aromatic carbocycles. The highest BCUT2D eigenvalue weighted by Crippen LogP contribution is 2.32. The number of nitrogens with one attached hydrogen (secondary N) is 1. The topological polar surface area (TPSA) is 78.9 Å². The predicted molar refractivity (Wildman–Crippen MR) is 74.4 cm³/mol. The van der Waals surface area contributed by atoms with Gasteiger partial charge in [0.1, 0.15) is 6.07 Å². The summed E-state index contributed by atoms with van der Waals surface area (Å²) >= 11 is 0. The molecule has 0 aliphatic heterocycles. The second-order valence-corrected chi connectivity index (χ2v) is 5.13. The van der Waals surface area contributed by atoms with Crippen LogP contribution in [0, 0.1) is 30.1 Å². The molecule has 2 unspecified atom stereocenters. The van der Waals surface area contributed by atoms with Gasteiger partial charge in [0, 0.05) is 5.92 Å². The van der Waals surface area contributed by atoms with Crippen molar-refractivity contribution in [3.63, 3.8) is 0 Å². The van der Waals surface area contributed by atoms with E-state index in [2.05, 4.69) is 11.4 Å². The average Bonchev–Trinajstić information content (AvgIpc) is 2.87. The van der Waals surface area contributed by atoms with E-state index in [1.165, 1.54) is 0 Å². The van der Waals surface area contributed by atoms with Crippen LogP contribution in [0.4, 0.5) is 5.69 Å². The van der Waals surface area contributed by atoms with E-state index in [-0.39, 0.29) is 17.7 Å². The molecule has 4 nitrogen and oxygen atoms in total. The fourth-order valence-corrected chi connectivity index (χ4v) is 2.81. The van der Waals surface area contributed by atoms with Crippen molar-refractivity contribution >= 4 is 11.6 Å². The maximum atomic E-state index is 12.3. The fourth-order valence-electron chi connectivity index (χ4n) is 2.81. The first-order chi connectivity index (χ1) is 9.17. The Kier molecular flexibility index (Phi) is 4.18. The third-order valence-corrected chi connectivity index (χ3v) is 3.94. The zero-order valence-corrected chi connectivity index (χ0v) is 11.1. The number of carbonyl (C=O) groups is 1. The van der Waals surface area contributed by atoms with Gasteiger partial charge < -0.3 is 11.1 Å². The van der Waals surface area contributed by atoms with E-state index in [1.54, 1.807) is 6.07 Å². The van der Waals surface area contributed by atoms with E-state index in [9.17, 15) is 4.79 Å². The highest BCUT2D eigenvalue weighted by Gasteiger charge is 2.32. The van der Waals surface area contributed by atoms with Crippen molar-refractivity contribution in [2.45, 2.75) is 26.2 Å². The highest BCUT2D eigenvalue weighted by atomic mass is 16.1. The van der Waals surface area contributed by atoms with E-state index < -0.39 is 0 Å². The lowest BCUT2D eigenvalue weighted by molar-refractivity contribution is -0.120. The normalized spacial score (nSPS) is 21.9. The molecule has 19 heavy (non-hydrogen) atoms. The molecule has 1 amide bonds. The largest absolute Gasteiger partial charge is 0.330 e. The van der Waals surface area contributed by atoms with Crippen LogP contribution in [0.5, 0.6) is 0 Å². The van der Waals surface area contributed by atoms with Crippen LogP contribution < -0.4 is 11.1 Å². The Hall–Kier alpha value is -1.86. The molecule has 1 saturated carbocycles. The molecule has 1 fully saturated rings. The minimum Gasteiger partial charge on any atom is -0.330 e. The molecule has 0 spiro atoms. The minimum absolute atomic E-state index is 0.00458. The number of rotatable bonds is 3. The number of aryl methyl sites for hydroxylation is 1. The summed E-state index contributed by atoms with van der Waals surface area (Å²) in [5, 5.41) is 12.0. The van der Waals surface area contributed by atoms with E-state index >= 15 is 0 Å². The zero-order valence-electron chi connectivity index (χ0n) is 11.1. The van der Waals surface area contributed by atoms with Crippen molar-refractivity contribution in [2.24, 2.45) is 17.6 Å².